The summed E-state index contributed by atoms with van der Waals surface area (Å²) < 4.78 is 18.6. The normalized spacial score (nSPS) is 11.8. The van der Waals surface area contributed by atoms with Gasteiger partial charge < -0.3 is 4.74 Å². The Balaban J connectivity index is 1.97. The van der Waals surface area contributed by atoms with Gasteiger partial charge in [0.15, 0.2) is 0 Å². The van der Waals surface area contributed by atoms with Crippen LogP contribution in [0.2, 0.25) is 5.02 Å². The average molecular weight is 318 g/mol. The summed E-state index contributed by atoms with van der Waals surface area (Å²) in [6, 6.07) is 12.0. The molecule has 0 aliphatic heterocycles. The van der Waals surface area contributed by atoms with Crippen molar-refractivity contribution in [2.75, 3.05) is 6.61 Å². The fourth-order valence-electron chi connectivity index (χ4n) is 2.28. The molecule has 0 saturated carbocycles. The second-order valence-electron chi connectivity index (χ2n) is 5.24. The predicted octanol–water partition coefficient (Wildman–Crippen LogP) is 5.17. The number of rotatable bonds is 5. The Bertz CT molecular complexity index is 668. The largest absolute Gasteiger partial charge is 0.494 e. The van der Waals surface area contributed by atoms with E-state index in [9.17, 15) is 9.65 Å². The molecule has 0 radical (unpaired) electrons. The van der Waals surface area contributed by atoms with Gasteiger partial charge in [0.2, 0.25) is 0 Å². The van der Waals surface area contributed by atoms with E-state index >= 15 is 0 Å². The van der Waals surface area contributed by atoms with Crippen molar-refractivity contribution in [2.45, 2.75) is 26.2 Å². The molecule has 2 aromatic rings. The average Bonchev–Trinajstić information content (AvgIpc) is 2.50. The lowest BCUT2D eigenvalue weighted by Gasteiger charge is -2.12. The molecule has 0 amide bonds. The number of aryl methyl sites for hydroxylation is 2. The first-order valence-corrected chi connectivity index (χ1v) is 7.43. The molecule has 0 N–H and O–H groups in total. The van der Waals surface area contributed by atoms with Crippen LogP contribution in [0.25, 0.3) is 0 Å². The number of hydrogen-bond donors (Lipinski definition) is 0. The quantitative estimate of drug-likeness (QED) is 0.762. The standard InChI is InChI=1S/C18H17ClFNO/c1-12-9-17(10-13(2)18(12)19)22-8-7-15(11-21)14-3-5-16(20)6-4-14/h3-6,9-10,15H,7-8H2,1-2H3. The number of halogens is 2. The molecule has 4 heteroatoms. The van der Waals surface area contributed by atoms with Crippen molar-refractivity contribution < 1.29 is 9.13 Å². The maximum atomic E-state index is 12.9. The van der Waals surface area contributed by atoms with E-state index in [-0.39, 0.29) is 11.7 Å². The lowest BCUT2D eigenvalue weighted by atomic mass is 9.98. The number of hydrogen-bond acceptors (Lipinski definition) is 2. The van der Waals surface area contributed by atoms with Crippen molar-refractivity contribution in [1.29, 1.82) is 5.26 Å². The van der Waals surface area contributed by atoms with Crippen LogP contribution in [-0.2, 0) is 0 Å². The Morgan fingerprint density at radius 3 is 2.32 bits per heavy atom. The van der Waals surface area contributed by atoms with E-state index in [4.69, 9.17) is 16.3 Å². The molecule has 0 fully saturated rings. The fraction of sp³-hybridized carbons (Fsp3) is 0.278. The van der Waals surface area contributed by atoms with Gasteiger partial charge in [-0.1, -0.05) is 23.7 Å². The molecule has 0 aliphatic rings. The number of nitrogens with zero attached hydrogens (tertiary/aromatic N) is 1. The fourth-order valence-corrected chi connectivity index (χ4v) is 2.39. The summed E-state index contributed by atoms with van der Waals surface area (Å²) in [5.41, 5.74) is 2.73. The van der Waals surface area contributed by atoms with Crippen LogP contribution in [0.15, 0.2) is 36.4 Å². The van der Waals surface area contributed by atoms with Crippen molar-refractivity contribution >= 4 is 11.6 Å². The van der Waals surface area contributed by atoms with Crippen LogP contribution in [0.3, 0.4) is 0 Å². The molecule has 0 aromatic heterocycles. The monoisotopic (exact) mass is 317 g/mol. The Kier molecular flexibility index (Phi) is 5.41. The molecule has 2 aromatic carbocycles. The molecule has 0 heterocycles. The van der Waals surface area contributed by atoms with E-state index in [1.54, 1.807) is 12.1 Å². The van der Waals surface area contributed by atoms with Crippen LogP contribution in [0.5, 0.6) is 5.75 Å². The molecule has 1 unspecified atom stereocenters. The number of ether oxygens (including phenoxy) is 1. The summed E-state index contributed by atoms with van der Waals surface area (Å²) >= 11 is 6.12. The topological polar surface area (TPSA) is 33.0 Å². The van der Waals surface area contributed by atoms with Gasteiger partial charge in [0.05, 0.1) is 18.6 Å². The molecule has 1 atom stereocenters. The number of nitriles is 1. The lowest BCUT2D eigenvalue weighted by molar-refractivity contribution is 0.305. The van der Waals surface area contributed by atoms with Crippen molar-refractivity contribution in [1.82, 2.24) is 0 Å². The van der Waals surface area contributed by atoms with Crippen LogP contribution in [-0.4, -0.2) is 6.61 Å². The molecule has 0 saturated heterocycles. The van der Waals surface area contributed by atoms with Crippen molar-refractivity contribution in [3.63, 3.8) is 0 Å². The van der Waals surface area contributed by atoms with E-state index in [1.807, 2.05) is 26.0 Å². The Morgan fingerprint density at radius 2 is 1.77 bits per heavy atom. The zero-order valence-corrected chi connectivity index (χ0v) is 13.3. The third kappa shape index (κ3) is 3.99. The van der Waals surface area contributed by atoms with Crippen LogP contribution in [0.1, 0.15) is 29.0 Å². The highest BCUT2D eigenvalue weighted by molar-refractivity contribution is 6.32. The first kappa shape index (κ1) is 16.3. The highest BCUT2D eigenvalue weighted by atomic mass is 35.5. The van der Waals surface area contributed by atoms with E-state index in [2.05, 4.69) is 6.07 Å². The minimum absolute atomic E-state index is 0.302. The molecule has 0 bridgehead atoms. The summed E-state index contributed by atoms with van der Waals surface area (Å²) in [6.07, 6.45) is 0.544. The third-order valence-corrected chi connectivity index (χ3v) is 4.11. The Hall–Kier alpha value is -2.05. The minimum atomic E-state index is -0.310. The van der Waals surface area contributed by atoms with Crippen molar-refractivity contribution in [3.8, 4) is 11.8 Å². The van der Waals surface area contributed by atoms with Gasteiger partial charge in [-0.05, 0) is 54.8 Å². The van der Waals surface area contributed by atoms with E-state index in [0.29, 0.717) is 13.0 Å². The zero-order chi connectivity index (χ0) is 16.1. The molecular formula is C18H17ClFNO. The molecule has 2 nitrogen and oxygen atoms in total. The predicted molar refractivity (Wildman–Crippen MR) is 85.8 cm³/mol. The summed E-state index contributed by atoms with van der Waals surface area (Å²) in [5, 5.41) is 10.00. The van der Waals surface area contributed by atoms with Gasteiger partial charge in [-0.2, -0.15) is 5.26 Å². The Labute approximate surface area is 135 Å². The van der Waals surface area contributed by atoms with Gasteiger partial charge in [0.25, 0.3) is 0 Å². The summed E-state index contributed by atoms with van der Waals surface area (Å²) in [6.45, 7) is 4.27. The molecule has 0 aliphatic carbocycles. The van der Waals surface area contributed by atoms with Crippen LogP contribution < -0.4 is 4.74 Å². The van der Waals surface area contributed by atoms with E-state index in [0.717, 1.165) is 27.5 Å². The van der Waals surface area contributed by atoms with Crippen molar-refractivity contribution in [3.05, 3.63) is 63.9 Å². The maximum Gasteiger partial charge on any atom is 0.123 e. The highest BCUT2D eigenvalue weighted by Crippen LogP contribution is 2.26. The highest BCUT2D eigenvalue weighted by Gasteiger charge is 2.11. The van der Waals surface area contributed by atoms with E-state index < -0.39 is 0 Å². The van der Waals surface area contributed by atoms with Gasteiger partial charge >= 0.3 is 0 Å². The van der Waals surface area contributed by atoms with Crippen LogP contribution in [0.4, 0.5) is 4.39 Å². The lowest BCUT2D eigenvalue weighted by Crippen LogP contribution is -2.05. The van der Waals surface area contributed by atoms with Gasteiger partial charge in [-0.3, -0.25) is 0 Å². The second-order valence-corrected chi connectivity index (χ2v) is 5.62. The third-order valence-electron chi connectivity index (χ3n) is 3.51. The number of benzene rings is 2. The van der Waals surface area contributed by atoms with Crippen LogP contribution in [0, 0.1) is 31.0 Å². The van der Waals surface area contributed by atoms with Crippen molar-refractivity contribution in [2.24, 2.45) is 0 Å². The molecule has 114 valence electrons. The van der Waals surface area contributed by atoms with Gasteiger partial charge in [0.1, 0.15) is 11.6 Å². The van der Waals surface area contributed by atoms with Crippen LogP contribution >= 0.6 is 11.6 Å². The summed E-state index contributed by atoms with van der Waals surface area (Å²) in [4.78, 5) is 0. The molecule has 0 spiro atoms. The van der Waals surface area contributed by atoms with E-state index in [1.165, 1.54) is 12.1 Å². The molecular weight excluding hydrogens is 301 g/mol. The van der Waals surface area contributed by atoms with Gasteiger partial charge in [-0.25, -0.2) is 4.39 Å². The summed E-state index contributed by atoms with van der Waals surface area (Å²) in [7, 11) is 0. The van der Waals surface area contributed by atoms with Gasteiger partial charge in [0, 0.05) is 11.4 Å². The SMILES string of the molecule is Cc1cc(OCCC(C#N)c2ccc(F)cc2)cc(C)c1Cl. The molecule has 2 rings (SSSR count). The second kappa shape index (κ2) is 7.29. The van der Waals surface area contributed by atoms with Gasteiger partial charge in [-0.15, -0.1) is 0 Å². The summed E-state index contributed by atoms with van der Waals surface area (Å²) in [5.74, 6) is 0.133. The molecule has 22 heavy (non-hydrogen) atoms. The first-order valence-electron chi connectivity index (χ1n) is 7.06. The Morgan fingerprint density at radius 1 is 1.18 bits per heavy atom. The smallest absolute Gasteiger partial charge is 0.123 e. The minimum Gasteiger partial charge on any atom is -0.494 e. The zero-order valence-electron chi connectivity index (χ0n) is 12.6. The first-order chi connectivity index (χ1) is 10.5. The maximum absolute atomic E-state index is 12.9.